The molecule has 0 unspecified atom stereocenters. The Morgan fingerprint density at radius 3 is 2.71 bits per heavy atom. The van der Waals surface area contributed by atoms with Crippen molar-refractivity contribution in [3.63, 3.8) is 0 Å². The van der Waals surface area contributed by atoms with Gasteiger partial charge in [0.05, 0.1) is 24.5 Å². The smallest absolute Gasteiger partial charge is 0.340 e. The van der Waals surface area contributed by atoms with E-state index in [0.717, 1.165) is 6.07 Å². The van der Waals surface area contributed by atoms with Gasteiger partial charge in [0, 0.05) is 12.2 Å². The molecule has 0 radical (unpaired) electrons. The van der Waals surface area contributed by atoms with Crippen molar-refractivity contribution in [2.45, 2.75) is 6.92 Å². The molecule has 0 aliphatic heterocycles. The lowest BCUT2D eigenvalue weighted by Gasteiger charge is -2.11. The van der Waals surface area contributed by atoms with Crippen LogP contribution in [0.4, 0.5) is 15.8 Å². The molecule has 8 heteroatoms. The zero-order chi connectivity index (χ0) is 15.8. The summed E-state index contributed by atoms with van der Waals surface area (Å²) in [6, 6.07) is 2.32. The van der Waals surface area contributed by atoms with Crippen molar-refractivity contribution in [1.29, 1.82) is 0 Å². The van der Waals surface area contributed by atoms with Gasteiger partial charge in [-0.1, -0.05) is 0 Å². The van der Waals surface area contributed by atoms with Gasteiger partial charge in [-0.05, 0) is 19.1 Å². The van der Waals surface area contributed by atoms with Gasteiger partial charge < -0.3 is 26.3 Å². The van der Waals surface area contributed by atoms with Crippen molar-refractivity contribution >= 4 is 23.3 Å². The standard InChI is InChI=1S/C13H18FN3O4/c1-2-21-13(19)8-5-11(9(14)6-10(8)15)17-3-4-20-7-12(16)18/h5-6,17H,2-4,7,15H2,1H3,(H2,16,18). The number of ether oxygens (including phenoxy) is 2. The van der Waals surface area contributed by atoms with Crippen LogP contribution in [-0.2, 0) is 14.3 Å². The molecule has 0 heterocycles. The number of esters is 1. The van der Waals surface area contributed by atoms with Gasteiger partial charge in [-0.3, -0.25) is 4.79 Å². The van der Waals surface area contributed by atoms with Crippen molar-refractivity contribution in [1.82, 2.24) is 0 Å². The van der Waals surface area contributed by atoms with Crippen LogP contribution in [0, 0.1) is 5.82 Å². The van der Waals surface area contributed by atoms with Gasteiger partial charge in [-0.25, -0.2) is 9.18 Å². The van der Waals surface area contributed by atoms with Crippen LogP contribution in [0.3, 0.4) is 0 Å². The molecule has 0 saturated heterocycles. The molecule has 0 aromatic heterocycles. The monoisotopic (exact) mass is 299 g/mol. The Bertz CT molecular complexity index is 522. The molecular weight excluding hydrogens is 281 g/mol. The fourth-order valence-electron chi connectivity index (χ4n) is 1.54. The molecule has 1 aromatic carbocycles. The minimum absolute atomic E-state index is 0.00137. The maximum Gasteiger partial charge on any atom is 0.340 e. The van der Waals surface area contributed by atoms with Gasteiger partial charge in [-0.2, -0.15) is 0 Å². The molecule has 0 bridgehead atoms. The number of halogens is 1. The zero-order valence-corrected chi connectivity index (χ0v) is 11.6. The highest BCUT2D eigenvalue weighted by Gasteiger charge is 2.15. The minimum atomic E-state index is -0.622. The molecular formula is C13H18FN3O4. The lowest BCUT2D eigenvalue weighted by atomic mass is 10.1. The van der Waals surface area contributed by atoms with Crippen LogP contribution >= 0.6 is 0 Å². The Balaban J connectivity index is 2.67. The summed E-state index contributed by atoms with van der Waals surface area (Å²) in [4.78, 5) is 22.1. The van der Waals surface area contributed by atoms with Crippen LogP contribution in [0.15, 0.2) is 12.1 Å². The van der Waals surface area contributed by atoms with Crippen LogP contribution in [-0.4, -0.2) is 38.2 Å². The number of rotatable bonds is 8. The number of hydrogen-bond donors (Lipinski definition) is 3. The number of carbonyl (C=O) groups excluding carboxylic acids is 2. The van der Waals surface area contributed by atoms with E-state index < -0.39 is 17.7 Å². The number of benzene rings is 1. The van der Waals surface area contributed by atoms with Crippen LogP contribution in [0.1, 0.15) is 17.3 Å². The molecule has 0 spiro atoms. The van der Waals surface area contributed by atoms with Gasteiger partial charge in [0.2, 0.25) is 5.91 Å². The fourth-order valence-corrected chi connectivity index (χ4v) is 1.54. The Hall–Kier alpha value is -2.35. The van der Waals surface area contributed by atoms with E-state index in [4.69, 9.17) is 20.9 Å². The third-order valence-corrected chi connectivity index (χ3v) is 2.44. The van der Waals surface area contributed by atoms with Crippen molar-refractivity contribution in [3.8, 4) is 0 Å². The summed E-state index contributed by atoms with van der Waals surface area (Å²) >= 11 is 0. The summed E-state index contributed by atoms with van der Waals surface area (Å²) in [5, 5.41) is 2.74. The van der Waals surface area contributed by atoms with Gasteiger partial charge in [0.25, 0.3) is 0 Å². The number of nitrogens with two attached hydrogens (primary N) is 2. The second kappa shape index (κ2) is 8.05. The first-order chi connectivity index (χ1) is 9.95. The fraction of sp³-hybridized carbons (Fsp3) is 0.385. The predicted molar refractivity (Wildman–Crippen MR) is 75.3 cm³/mol. The molecule has 1 amide bonds. The third-order valence-electron chi connectivity index (χ3n) is 2.44. The first-order valence-corrected chi connectivity index (χ1v) is 6.31. The highest BCUT2D eigenvalue weighted by atomic mass is 19.1. The topological polar surface area (TPSA) is 117 Å². The maximum absolute atomic E-state index is 13.7. The first-order valence-electron chi connectivity index (χ1n) is 6.31. The van der Waals surface area contributed by atoms with E-state index >= 15 is 0 Å². The zero-order valence-electron chi connectivity index (χ0n) is 11.6. The second-order valence-electron chi connectivity index (χ2n) is 4.09. The molecule has 0 atom stereocenters. The summed E-state index contributed by atoms with van der Waals surface area (Å²) in [7, 11) is 0. The van der Waals surface area contributed by atoms with Gasteiger partial charge in [0.1, 0.15) is 12.4 Å². The number of nitrogen functional groups attached to an aromatic ring is 1. The molecule has 7 nitrogen and oxygen atoms in total. The number of hydrogen-bond acceptors (Lipinski definition) is 6. The molecule has 5 N–H and O–H groups in total. The van der Waals surface area contributed by atoms with Gasteiger partial charge in [-0.15, -0.1) is 0 Å². The van der Waals surface area contributed by atoms with E-state index in [-0.39, 0.29) is 43.3 Å². The summed E-state index contributed by atoms with van der Waals surface area (Å²) < 4.78 is 23.5. The number of primary amides is 1. The van der Waals surface area contributed by atoms with Crippen molar-refractivity contribution in [2.75, 3.05) is 37.4 Å². The average Bonchev–Trinajstić information content (AvgIpc) is 2.40. The van der Waals surface area contributed by atoms with E-state index in [0.29, 0.717) is 0 Å². The van der Waals surface area contributed by atoms with E-state index in [9.17, 15) is 14.0 Å². The molecule has 1 rings (SSSR count). The van der Waals surface area contributed by atoms with Crippen molar-refractivity contribution < 1.29 is 23.5 Å². The number of carbonyl (C=O) groups is 2. The van der Waals surface area contributed by atoms with E-state index in [1.807, 2.05) is 0 Å². The molecule has 0 fully saturated rings. The van der Waals surface area contributed by atoms with Crippen molar-refractivity contribution in [2.24, 2.45) is 5.73 Å². The van der Waals surface area contributed by atoms with Gasteiger partial charge in [0.15, 0.2) is 0 Å². The molecule has 21 heavy (non-hydrogen) atoms. The molecule has 116 valence electrons. The lowest BCUT2D eigenvalue weighted by Crippen LogP contribution is -2.21. The maximum atomic E-state index is 13.7. The Morgan fingerprint density at radius 2 is 2.10 bits per heavy atom. The molecule has 0 saturated carbocycles. The van der Waals surface area contributed by atoms with Gasteiger partial charge >= 0.3 is 5.97 Å². The van der Waals surface area contributed by atoms with Crippen LogP contribution in [0.2, 0.25) is 0 Å². The average molecular weight is 299 g/mol. The van der Waals surface area contributed by atoms with E-state index in [2.05, 4.69) is 5.32 Å². The lowest BCUT2D eigenvalue weighted by molar-refractivity contribution is -0.122. The van der Waals surface area contributed by atoms with Crippen LogP contribution in [0.5, 0.6) is 0 Å². The van der Waals surface area contributed by atoms with Crippen LogP contribution in [0.25, 0.3) is 0 Å². The van der Waals surface area contributed by atoms with Crippen molar-refractivity contribution in [3.05, 3.63) is 23.5 Å². The Morgan fingerprint density at radius 1 is 1.38 bits per heavy atom. The van der Waals surface area contributed by atoms with E-state index in [1.165, 1.54) is 6.07 Å². The number of amides is 1. The molecule has 1 aromatic rings. The summed E-state index contributed by atoms with van der Waals surface area (Å²) in [5.74, 6) is -1.81. The SMILES string of the molecule is CCOC(=O)c1cc(NCCOCC(N)=O)c(F)cc1N. The highest BCUT2D eigenvalue weighted by molar-refractivity contribution is 5.96. The third kappa shape index (κ3) is 5.27. The predicted octanol–water partition coefficient (Wildman–Crippen LogP) is 0.498. The largest absolute Gasteiger partial charge is 0.462 e. The van der Waals surface area contributed by atoms with Crippen LogP contribution < -0.4 is 16.8 Å². The minimum Gasteiger partial charge on any atom is -0.462 e. The number of nitrogens with one attached hydrogen (secondary N) is 1. The number of anilines is 2. The Labute approximate surface area is 121 Å². The first kappa shape index (κ1) is 16.7. The highest BCUT2D eigenvalue weighted by Crippen LogP contribution is 2.22. The van der Waals surface area contributed by atoms with E-state index in [1.54, 1.807) is 6.92 Å². The summed E-state index contributed by atoms with van der Waals surface area (Å²) in [6.07, 6.45) is 0. The summed E-state index contributed by atoms with van der Waals surface area (Å²) in [5.41, 5.74) is 10.7. The molecule has 0 aliphatic rings. The molecule has 0 aliphatic carbocycles. The quantitative estimate of drug-likeness (QED) is 0.365. The Kier molecular flexibility index (Phi) is 6.41. The normalized spacial score (nSPS) is 10.2. The second-order valence-corrected chi connectivity index (χ2v) is 4.09. The summed E-state index contributed by atoms with van der Waals surface area (Å²) in [6.45, 7) is 2.03.